The van der Waals surface area contributed by atoms with E-state index < -0.39 is 15.9 Å². The van der Waals surface area contributed by atoms with Crippen LogP contribution in [0.5, 0.6) is 0 Å². The standard InChI is InChI=1S/C22H24ClN3O3S/c1-25-12-10-17(11-13-25)24-22(27)21-20(15-6-4-3-5-7-15)18-14-16(23)8-9-19(18)26(2)30(21,28)29/h3-9,14,17H,10-13H2,1-2H3,(H,24,27). The van der Waals surface area contributed by atoms with Gasteiger partial charge in [0.25, 0.3) is 15.9 Å². The number of rotatable bonds is 3. The van der Waals surface area contributed by atoms with E-state index in [0.29, 0.717) is 27.4 Å². The Morgan fingerprint density at radius 2 is 1.73 bits per heavy atom. The number of amides is 1. The molecule has 158 valence electrons. The van der Waals surface area contributed by atoms with Crippen LogP contribution in [0.4, 0.5) is 5.69 Å². The predicted molar refractivity (Wildman–Crippen MR) is 120 cm³/mol. The van der Waals surface area contributed by atoms with Gasteiger partial charge >= 0.3 is 0 Å². The van der Waals surface area contributed by atoms with Crippen LogP contribution in [0.2, 0.25) is 5.02 Å². The highest BCUT2D eigenvalue weighted by atomic mass is 35.5. The van der Waals surface area contributed by atoms with Crippen molar-refractivity contribution >= 4 is 38.8 Å². The number of sulfonamides is 1. The van der Waals surface area contributed by atoms with Crippen LogP contribution in [-0.4, -0.2) is 52.5 Å². The van der Waals surface area contributed by atoms with E-state index in [2.05, 4.69) is 10.2 Å². The molecule has 2 heterocycles. The average molecular weight is 446 g/mol. The highest BCUT2D eigenvalue weighted by Gasteiger charge is 2.40. The first kappa shape index (κ1) is 20.9. The van der Waals surface area contributed by atoms with E-state index in [1.54, 1.807) is 18.2 Å². The van der Waals surface area contributed by atoms with Crippen LogP contribution in [0.15, 0.2) is 53.4 Å². The van der Waals surface area contributed by atoms with Gasteiger partial charge < -0.3 is 10.2 Å². The quantitative estimate of drug-likeness (QED) is 0.788. The lowest BCUT2D eigenvalue weighted by Crippen LogP contribution is -2.46. The Balaban J connectivity index is 1.88. The second kappa shape index (κ2) is 8.06. The summed E-state index contributed by atoms with van der Waals surface area (Å²) in [4.78, 5) is 15.3. The molecule has 1 saturated heterocycles. The zero-order valence-electron chi connectivity index (χ0n) is 16.9. The number of halogens is 1. The van der Waals surface area contributed by atoms with Crippen molar-refractivity contribution in [3.63, 3.8) is 0 Å². The summed E-state index contributed by atoms with van der Waals surface area (Å²) in [6, 6.07) is 14.1. The van der Waals surface area contributed by atoms with Gasteiger partial charge in [0.05, 0.1) is 5.69 Å². The minimum atomic E-state index is -4.04. The molecule has 1 amide bonds. The molecule has 0 radical (unpaired) electrons. The van der Waals surface area contributed by atoms with Crippen molar-refractivity contribution in [3.05, 3.63) is 69.6 Å². The van der Waals surface area contributed by atoms with Crippen LogP contribution in [-0.2, 0) is 14.8 Å². The number of hydrogen-bond donors (Lipinski definition) is 1. The second-order valence-electron chi connectivity index (χ2n) is 7.76. The SMILES string of the molecule is CN1CCC(NC(=O)C2=C(c3ccccc3)c3cc(Cl)ccc3N(C)S2(=O)=O)CC1. The third kappa shape index (κ3) is 3.73. The van der Waals surface area contributed by atoms with Gasteiger partial charge in [-0.2, -0.15) is 0 Å². The predicted octanol–water partition coefficient (Wildman–Crippen LogP) is 3.09. The number of hydrogen-bond acceptors (Lipinski definition) is 4. The number of likely N-dealkylation sites (tertiary alicyclic amines) is 1. The lowest BCUT2D eigenvalue weighted by molar-refractivity contribution is -0.117. The molecule has 2 aliphatic heterocycles. The van der Waals surface area contributed by atoms with Gasteiger partial charge in [0.1, 0.15) is 0 Å². The number of nitrogens with one attached hydrogen (secondary N) is 1. The van der Waals surface area contributed by atoms with Crippen LogP contribution >= 0.6 is 11.6 Å². The van der Waals surface area contributed by atoms with Crippen molar-refractivity contribution in [1.82, 2.24) is 10.2 Å². The molecule has 1 N–H and O–H groups in total. The maximum atomic E-state index is 13.4. The van der Waals surface area contributed by atoms with Gasteiger partial charge in [-0.05, 0) is 56.7 Å². The average Bonchev–Trinajstić information content (AvgIpc) is 2.72. The van der Waals surface area contributed by atoms with Gasteiger partial charge in [0.15, 0.2) is 4.91 Å². The molecule has 4 rings (SSSR count). The number of piperidine rings is 1. The fourth-order valence-corrected chi connectivity index (χ4v) is 5.67. The largest absolute Gasteiger partial charge is 0.349 e. The Bertz CT molecular complexity index is 1110. The van der Waals surface area contributed by atoms with E-state index in [4.69, 9.17) is 11.6 Å². The molecule has 2 aromatic rings. The smallest absolute Gasteiger partial charge is 0.270 e. The Labute approximate surface area is 182 Å². The van der Waals surface area contributed by atoms with Gasteiger partial charge in [-0.15, -0.1) is 0 Å². The van der Waals surface area contributed by atoms with Gasteiger partial charge in [-0.25, -0.2) is 8.42 Å². The summed E-state index contributed by atoms with van der Waals surface area (Å²) >= 11 is 6.25. The number of carbonyl (C=O) groups is 1. The first-order valence-corrected chi connectivity index (χ1v) is 11.7. The molecule has 8 heteroatoms. The van der Waals surface area contributed by atoms with Gasteiger partial charge in [0, 0.05) is 29.2 Å². The molecule has 0 aliphatic carbocycles. The van der Waals surface area contributed by atoms with E-state index in [9.17, 15) is 13.2 Å². The van der Waals surface area contributed by atoms with E-state index in [1.807, 2.05) is 37.4 Å². The number of anilines is 1. The van der Waals surface area contributed by atoms with Gasteiger partial charge in [-0.1, -0.05) is 41.9 Å². The molecular weight excluding hydrogens is 422 g/mol. The molecule has 2 aromatic carbocycles. The molecule has 2 aliphatic rings. The summed E-state index contributed by atoms with van der Waals surface area (Å²) in [5.41, 5.74) is 2.16. The minimum absolute atomic E-state index is 0.0560. The van der Waals surface area contributed by atoms with Crippen molar-refractivity contribution in [1.29, 1.82) is 0 Å². The van der Waals surface area contributed by atoms with Crippen LogP contribution in [0.3, 0.4) is 0 Å². The lowest BCUT2D eigenvalue weighted by Gasteiger charge is -2.33. The van der Waals surface area contributed by atoms with Crippen LogP contribution in [0.25, 0.3) is 5.57 Å². The Morgan fingerprint density at radius 3 is 2.40 bits per heavy atom. The first-order chi connectivity index (χ1) is 14.3. The third-order valence-corrected chi connectivity index (χ3v) is 7.79. The molecule has 0 bridgehead atoms. The summed E-state index contributed by atoms with van der Waals surface area (Å²) in [5, 5.41) is 3.44. The van der Waals surface area contributed by atoms with E-state index in [0.717, 1.165) is 30.2 Å². The van der Waals surface area contributed by atoms with Crippen molar-refractivity contribution in [2.24, 2.45) is 0 Å². The number of carbonyl (C=O) groups excluding carboxylic acids is 1. The van der Waals surface area contributed by atoms with E-state index in [1.165, 1.54) is 7.05 Å². The van der Waals surface area contributed by atoms with Crippen LogP contribution in [0, 0.1) is 0 Å². The van der Waals surface area contributed by atoms with Crippen molar-refractivity contribution in [2.45, 2.75) is 18.9 Å². The molecule has 0 aromatic heterocycles. The molecular formula is C22H24ClN3O3S. The number of benzene rings is 2. The molecule has 6 nitrogen and oxygen atoms in total. The lowest BCUT2D eigenvalue weighted by atomic mass is 9.95. The molecule has 0 atom stereocenters. The van der Waals surface area contributed by atoms with E-state index >= 15 is 0 Å². The highest BCUT2D eigenvalue weighted by Crippen LogP contribution is 2.43. The Hall–Kier alpha value is -2.35. The minimum Gasteiger partial charge on any atom is -0.349 e. The normalized spacial score (nSPS) is 19.5. The molecule has 0 unspecified atom stereocenters. The van der Waals surface area contributed by atoms with Gasteiger partial charge in [0.2, 0.25) is 0 Å². The van der Waals surface area contributed by atoms with Crippen molar-refractivity contribution in [2.75, 3.05) is 31.5 Å². The summed E-state index contributed by atoms with van der Waals surface area (Å²) in [7, 11) is -0.537. The zero-order chi connectivity index (χ0) is 21.5. The summed E-state index contributed by atoms with van der Waals surface area (Å²) in [6.45, 7) is 1.72. The molecule has 0 saturated carbocycles. The molecule has 0 spiro atoms. The fraction of sp³-hybridized carbons (Fsp3) is 0.318. The maximum Gasteiger partial charge on any atom is 0.270 e. The fourth-order valence-electron chi connectivity index (χ4n) is 4.03. The first-order valence-electron chi connectivity index (χ1n) is 9.87. The van der Waals surface area contributed by atoms with Crippen molar-refractivity contribution in [3.8, 4) is 0 Å². The van der Waals surface area contributed by atoms with Crippen LogP contribution < -0.4 is 9.62 Å². The summed E-state index contributed by atoms with van der Waals surface area (Å²) in [6.07, 6.45) is 1.57. The Morgan fingerprint density at radius 1 is 1.07 bits per heavy atom. The highest BCUT2D eigenvalue weighted by molar-refractivity contribution is 7.97. The number of nitrogens with zero attached hydrogens (tertiary/aromatic N) is 2. The van der Waals surface area contributed by atoms with Gasteiger partial charge in [-0.3, -0.25) is 9.10 Å². The maximum absolute atomic E-state index is 13.4. The Kier molecular flexibility index (Phi) is 5.61. The number of fused-ring (bicyclic) bond motifs is 1. The topological polar surface area (TPSA) is 69.7 Å². The summed E-state index contributed by atoms with van der Waals surface area (Å²) in [5.74, 6) is -0.569. The zero-order valence-corrected chi connectivity index (χ0v) is 18.5. The van der Waals surface area contributed by atoms with Crippen LogP contribution in [0.1, 0.15) is 24.0 Å². The van der Waals surface area contributed by atoms with Crippen molar-refractivity contribution < 1.29 is 13.2 Å². The second-order valence-corrected chi connectivity index (χ2v) is 10.1. The third-order valence-electron chi connectivity index (χ3n) is 5.74. The summed E-state index contributed by atoms with van der Waals surface area (Å²) < 4.78 is 28.1. The molecule has 30 heavy (non-hydrogen) atoms. The monoisotopic (exact) mass is 445 g/mol. The molecule has 1 fully saturated rings. The van der Waals surface area contributed by atoms with E-state index in [-0.39, 0.29) is 10.9 Å².